The van der Waals surface area contributed by atoms with Crippen molar-refractivity contribution in [2.75, 3.05) is 23.9 Å². The molecule has 0 fully saturated rings. The van der Waals surface area contributed by atoms with E-state index in [4.69, 9.17) is 5.73 Å². The fourth-order valence-electron chi connectivity index (χ4n) is 1.66. The molecule has 0 saturated carbocycles. The molecule has 0 bridgehead atoms. The molecule has 1 atom stereocenters. The SMILES string of the molecule is CC(C)CNC(=O)C(C)Nc1ccc(S(C)(=O)=O)cc1N. The minimum absolute atomic E-state index is 0.129. The lowest BCUT2D eigenvalue weighted by molar-refractivity contribution is -0.121. The molecule has 0 aliphatic rings. The van der Waals surface area contributed by atoms with Crippen molar-refractivity contribution >= 4 is 27.1 Å². The third kappa shape index (κ3) is 5.26. The van der Waals surface area contributed by atoms with Crippen molar-refractivity contribution in [3.8, 4) is 0 Å². The van der Waals surface area contributed by atoms with Gasteiger partial charge in [-0.3, -0.25) is 4.79 Å². The Morgan fingerprint density at radius 1 is 1.29 bits per heavy atom. The fraction of sp³-hybridized carbons (Fsp3) is 0.500. The van der Waals surface area contributed by atoms with Crippen molar-refractivity contribution in [2.24, 2.45) is 5.92 Å². The van der Waals surface area contributed by atoms with Crippen molar-refractivity contribution in [1.29, 1.82) is 0 Å². The molecule has 0 aliphatic carbocycles. The second kappa shape index (κ2) is 6.80. The zero-order valence-corrected chi connectivity index (χ0v) is 13.6. The third-order valence-corrected chi connectivity index (χ3v) is 4.01. The highest BCUT2D eigenvalue weighted by atomic mass is 32.2. The number of anilines is 2. The van der Waals surface area contributed by atoms with E-state index < -0.39 is 15.9 Å². The maximum absolute atomic E-state index is 11.9. The van der Waals surface area contributed by atoms with Crippen LogP contribution >= 0.6 is 0 Å². The zero-order chi connectivity index (χ0) is 16.2. The number of benzene rings is 1. The lowest BCUT2D eigenvalue weighted by Crippen LogP contribution is -2.39. The number of carbonyl (C=O) groups is 1. The van der Waals surface area contributed by atoms with Gasteiger partial charge in [0.15, 0.2) is 9.84 Å². The summed E-state index contributed by atoms with van der Waals surface area (Å²) in [5, 5.41) is 5.80. The Hall–Kier alpha value is -1.76. The van der Waals surface area contributed by atoms with Gasteiger partial charge in [0.05, 0.1) is 16.3 Å². The highest BCUT2D eigenvalue weighted by Crippen LogP contribution is 2.23. The maximum Gasteiger partial charge on any atom is 0.242 e. The topological polar surface area (TPSA) is 101 Å². The lowest BCUT2D eigenvalue weighted by atomic mass is 10.2. The third-order valence-electron chi connectivity index (χ3n) is 2.90. The van der Waals surface area contributed by atoms with E-state index in [-0.39, 0.29) is 10.8 Å². The summed E-state index contributed by atoms with van der Waals surface area (Å²) in [5.74, 6) is 0.246. The quantitative estimate of drug-likeness (QED) is 0.686. The van der Waals surface area contributed by atoms with E-state index in [0.717, 1.165) is 6.26 Å². The van der Waals surface area contributed by atoms with Crippen LogP contribution in [0.1, 0.15) is 20.8 Å². The van der Waals surface area contributed by atoms with E-state index in [2.05, 4.69) is 10.6 Å². The molecule has 4 N–H and O–H groups in total. The highest BCUT2D eigenvalue weighted by molar-refractivity contribution is 7.90. The molecular formula is C14H23N3O3S. The Kier molecular flexibility index (Phi) is 5.60. The number of nitrogens with one attached hydrogen (secondary N) is 2. The molecular weight excluding hydrogens is 290 g/mol. The maximum atomic E-state index is 11.9. The second-order valence-corrected chi connectivity index (χ2v) is 7.54. The van der Waals surface area contributed by atoms with Gasteiger partial charge in [-0.25, -0.2) is 8.42 Å². The monoisotopic (exact) mass is 313 g/mol. The molecule has 118 valence electrons. The van der Waals surface area contributed by atoms with Gasteiger partial charge in [-0.15, -0.1) is 0 Å². The van der Waals surface area contributed by atoms with Crippen LogP contribution in [0.4, 0.5) is 11.4 Å². The van der Waals surface area contributed by atoms with Crippen molar-refractivity contribution in [1.82, 2.24) is 5.32 Å². The molecule has 1 aromatic carbocycles. The molecule has 6 nitrogen and oxygen atoms in total. The van der Waals surface area contributed by atoms with Crippen LogP contribution in [-0.2, 0) is 14.6 Å². The molecule has 21 heavy (non-hydrogen) atoms. The number of hydrogen-bond donors (Lipinski definition) is 3. The molecule has 1 unspecified atom stereocenters. The number of hydrogen-bond acceptors (Lipinski definition) is 5. The van der Waals surface area contributed by atoms with E-state index in [9.17, 15) is 13.2 Å². The van der Waals surface area contributed by atoms with Gasteiger partial charge in [0.2, 0.25) is 5.91 Å². The van der Waals surface area contributed by atoms with Gasteiger partial charge in [0.1, 0.15) is 6.04 Å². The Morgan fingerprint density at radius 2 is 1.90 bits per heavy atom. The first-order valence-corrected chi connectivity index (χ1v) is 8.64. The van der Waals surface area contributed by atoms with Gasteiger partial charge in [-0.05, 0) is 31.0 Å². The van der Waals surface area contributed by atoms with Crippen molar-refractivity contribution in [3.05, 3.63) is 18.2 Å². The number of nitrogen functional groups attached to an aromatic ring is 1. The van der Waals surface area contributed by atoms with Crippen LogP contribution in [0.25, 0.3) is 0 Å². The summed E-state index contributed by atoms with van der Waals surface area (Å²) in [5.41, 5.74) is 6.66. The average molecular weight is 313 g/mol. The van der Waals surface area contributed by atoms with Crippen LogP contribution in [0.2, 0.25) is 0 Å². The van der Waals surface area contributed by atoms with E-state index in [1.54, 1.807) is 13.0 Å². The Bertz CT molecular complexity index is 612. The van der Waals surface area contributed by atoms with Gasteiger partial charge in [-0.2, -0.15) is 0 Å². The lowest BCUT2D eigenvalue weighted by Gasteiger charge is -2.17. The molecule has 0 aliphatic heterocycles. The molecule has 7 heteroatoms. The number of amides is 1. The molecule has 1 amide bonds. The van der Waals surface area contributed by atoms with E-state index in [1.165, 1.54) is 12.1 Å². The molecule has 1 rings (SSSR count). The number of carbonyl (C=O) groups excluding carboxylic acids is 1. The highest BCUT2D eigenvalue weighted by Gasteiger charge is 2.15. The minimum Gasteiger partial charge on any atom is -0.397 e. The predicted octanol–water partition coefficient (Wildman–Crippen LogP) is 1.24. The Morgan fingerprint density at radius 3 is 2.38 bits per heavy atom. The predicted molar refractivity (Wildman–Crippen MR) is 84.9 cm³/mol. The molecule has 0 saturated heterocycles. The van der Waals surface area contributed by atoms with Crippen LogP contribution in [0.5, 0.6) is 0 Å². The van der Waals surface area contributed by atoms with Gasteiger partial charge in [0.25, 0.3) is 0 Å². The molecule has 0 spiro atoms. The summed E-state index contributed by atoms with van der Waals surface area (Å²) >= 11 is 0. The molecule has 0 aromatic heterocycles. The van der Waals surface area contributed by atoms with Crippen LogP contribution < -0.4 is 16.4 Å². The summed E-state index contributed by atoms with van der Waals surface area (Å²) in [7, 11) is -3.29. The number of sulfone groups is 1. The normalized spacial score (nSPS) is 13.0. The molecule has 0 heterocycles. The average Bonchev–Trinajstić information content (AvgIpc) is 2.36. The zero-order valence-electron chi connectivity index (χ0n) is 12.8. The number of rotatable bonds is 6. The van der Waals surface area contributed by atoms with Crippen molar-refractivity contribution in [2.45, 2.75) is 31.7 Å². The Labute approximate surface area is 126 Å². The summed E-state index contributed by atoms with van der Waals surface area (Å²) < 4.78 is 22.9. The molecule has 0 radical (unpaired) electrons. The van der Waals surface area contributed by atoms with Crippen molar-refractivity contribution in [3.63, 3.8) is 0 Å². The van der Waals surface area contributed by atoms with Crippen LogP contribution in [0.15, 0.2) is 23.1 Å². The largest absolute Gasteiger partial charge is 0.397 e. The standard InChI is InChI=1S/C14H23N3O3S/c1-9(2)8-16-14(18)10(3)17-13-6-5-11(7-12(13)15)21(4,19)20/h5-7,9-10,17H,8,15H2,1-4H3,(H,16,18). The van der Waals surface area contributed by atoms with Gasteiger partial charge in [0, 0.05) is 12.8 Å². The first-order valence-electron chi connectivity index (χ1n) is 6.75. The first-order chi connectivity index (χ1) is 9.61. The van der Waals surface area contributed by atoms with Crippen LogP contribution in [0, 0.1) is 5.92 Å². The van der Waals surface area contributed by atoms with Gasteiger partial charge in [-0.1, -0.05) is 13.8 Å². The smallest absolute Gasteiger partial charge is 0.242 e. The summed E-state index contributed by atoms with van der Waals surface area (Å²) in [4.78, 5) is 12.0. The van der Waals surface area contributed by atoms with Crippen LogP contribution in [0.3, 0.4) is 0 Å². The van der Waals surface area contributed by atoms with Gasteiger partial charge < -0.3 is 16.4 Å². The van der Waals surface area contributed by atoms with Gasteiger partial charge >= 0.3 is 0 Å². The number of nitrogens with two attached hydrogens (primary N) is 1. The van der Waals surface area contributed by atoms with E-state index in [1.807, 2.05) is 13.8 Å². The molecule has 1 aromatic rings. The first kappa shape index (κ1) is 17.3. The summed E-state index contributed by atoms with van der Waals surface area (Å²) in [6.07, 6.45) is 1.12. The van der Waals surface area contributed by atoms with Crippen molar-refractivity contribution < 1.29 is 13.2 Å². The Balaban J connectivity index is 2.77. The summed E-state index contributed by atoms with van der Waals surface area (Å²) in [6, 6.07) is 3.95. The fourth-order valence-corrected chi connectivity index (χ4v) is 2.32. The second-order valence-electron chi connectivity index (χ2n) is 5.53. The minimum atomic E-state index is -3.29. The summed E-state index contributed by atoms with van der Waals surface area (Å²) in [6.45, 7) is 6.35. The van der Waals surface area contributed by atoms with E-state index in [0.29, 0.717) is 23.8 Å². The van der Waals surface area contributed by atoms with Crippen LogP contribution in [-0.4, -0.2) is 33.2 Å². The van der Waals surface area contributed by atoms with E-state index >= 15 is 0 Å².